The van der Waals surface area contributed by atoms with Gasteiger partial charge in [0, 0.05) is 19.6 Å². The Kier molecular flexibility index (Phi) is 7.68. The number of likely N-dealkylation sites (tertiary alicyclic amines) is 1. The normalized spacial score (nSPS) is 19.9. The van der Waals surface area contributed by atoms with Crippen LogP contribution in [0.25, 0.3) is 6.08 Å². The Morgan fingerprint density at radius 2 is 1.91 bits per heavy atom. The molecule has 0 aliphatic carbocycles. The first-order valence-corrected chi connectivity index (χ1v) is 11.6. The fourth-order valence-corrected chi connectivity index (χ4v) is 4.40. The number of nitrogens with one attached hydrogen (secondary N) is 1. The van der Waals surface area contributed by atoms with Crippen molar-refractivity contribution in [2.24, 2.45) is 0 Å². The largest absolute Gasteiger partial charge is 0.497 e. The third-order valence-electron chi connectivity index (χ3n) is 5.11. The van der Waals surface area contributed by atoms with Gasteiger partial charge in [-0.2, -0.15) is 0 Å². The van der Waals surface area contributed by atoms with E-state index in [1.807, 2.05) is 0 Å². The molecule has 0 aromatic heterocycles. The van der Waals surface area contributed by atoms with Crippen LogP contribution in [0.3, 0.4) is 0 Å². The smallest absolute Gasteiger partial charge is 0.410 e. The zero-order valence-corrected chi connectivity index (χ0v) is 20.1. The summed E-state index contributed by atoms with van der Waals surface area (Å²) < 4.78 is 10.5. The van der Waals surface area contributed by atoms with Gasteiger partial charge in [0.25, 0.3) is 11.1 Å². The van der Waals surface area contributed by atoms with E-state index in [-0.39, 0.29) is 24.2 Å². The van der Waals surface area contributed by atoms with Crippen LogP contribution in [0, 0.1) is 0 Å². The van der Waals surface area contributed by atoms with Gasteiger partial charge in [-0.15, -0.1) is 0 Å². The Morgan fingerprint density at radius 3 is 2.55 bits per heavy atom. The summed E-state index contributed by atoms with van der Waals surface area (Å²) in [5.74, 6) is -0.0195. The summed E-state index contributed by atoms with van der Waals surface area (Å²) in [6.07, 6.45) is 2.38. The second-order valence-electron chi connectivity index (χ2n) is 8.73. The number of hydrogen-bond donors (Lipinski definition) is 1. The fraction of sp³-hybridized carbons (Fsp3) is 0.478. The van der Waals surface area contributed by atoms with Crippen molar-refractivity contribution in [3.05, 3.63) is 34.7 Å². The second-order valence-corrected chi connectivity index (χ2v) is 9.72. The average molecular weight is 476 g/mol. The third kappa shape index (κ3) is 6.28. The van der Waals surface area contributed by atoms with Crippen LogP contribution in [0.15, 0.2) is 29.2 Å². The lowest BCUT2D eigenvalue weighted by Crippen LogP contribution is -2.49. The standard InChI is InChI=1S/C23H29N3O6S/c1-23(2,3)32-21(29)25-12-5-6-17(25)19(27)24-11-13-26-20(28)18(33-22(26)30)14-15-7-9-16(31-4)10-8-15/h7-10,14,17H,5-6,11-13H2,1-4H3,(H,24,27)/b18-14+/t17-/m0/s1. The van der Waals surface area contributed by atoms with E-state index in [1.165, 1.54) is 4.90 Å². The zero-order valence-electron chi connectivity index (χ0n) is 19.3. The molecule has 3 rings (SSSR count). The van der Waals surface area contributed by atoms with Crippen LogP contribution in [0.5, 0.6) is 5.75 Å². The number of imide groups is 1. The van der Waals surface area contributed by atoms with Gasteiger partial charge in [0.2, 0.25) is 5.91 Å². The molecule has 0 saturated carbocycles. The molecule has 4 amide bonds. The molecule has 1 aromatic rings. The first-order valence-electron chi connectivity index (χ1n) is 10.8. The molecule has 33 heavy (non-hydrogen) atoms. The minimum Gasteiger partial charge on any atom is -0.497 e. The van der Waals surface area contributed by atoms with Gasteiger partial charge < -0.3 is 14.8 Å². The molecule has 2 aliphatic heterocycles. The predicted octanol–water partition coefficient (Wildman–Crippen LogP) is 3.25. The van der Waals surface area contributed by atoms with Crippen molar-refractivity contribution in [3.63, 3.8) is 0 Å². The molecule has 0 radical (unpaired) electrons. The van der Waals surface area contributed by atoms with Crippen LogP contribution in [0.1, 0.15) is 39.2 Å². The molecule has 178 valence electrons. The monoisotopic (exact) mass is 475 g/mol. The van der Waals surface area contributed by atoms with Gasteiger partial charge in [0.05, 0.1) is 12.0 Å². The summed E-state index contributed by atoms with van der Waals surface area (Å²) in [6.45, 7) is 5.92. The van der Waals surface area contributed by atoms with Gasteiger partial charge in [-0.05, 0) is 69.1 Å². The maximum atomic E-state index is 12.7. The van der Waals surface area contributed by atoms with Gasteiger partial charge in [-0.3, -0.25) is 24.2 Å². The van der Waals surface area contributed by atoms with Crippen LogP contribution in [0.2, 0.25) is 0 Å². The number of carbonyl (C=O) groups excluding carboxylic acids is 4. The van der Waals surface area contributed by atoms with Gasteiger partial charge >= 0.3 is 6.09 Å². The highest BCUT2D eigenvalue weighted by Gasteiger charge is 2.37. The highest BCUT2D eigenvalue weighted by Crippen LogP contribution is 2.32. The topological polar surface area (TPSA) is 105 Å². The van der Waals surface area contributed by atoms with E-state index in [1.54, 1.807) is 58.2 Å². The maximum Gasteiger partial charge on any atom is 0.410 e. The third-order valence-corrected chi connectivity index (χ3v) is 6.01. The SMILES string of the molecule is COc1ccc(/C=C2/SC(=O)N(CCNC(=O)[C@@H]3CCCN3C(=O)OC(C)(C)C)C2=O)cc1. The lowest BCUT2D eigenvalue weighted by molar-refractivity contribution is -0.126. The van der Waals surface area contributed by atoms with Crippen molar-refractivity contribution >= 4 is 41.0 Å². The number of nitrogens with zero attached hydrogens (tertiary/aromatic N) is 2. The van der Waals surface area contributed by atoms with Crippen LogP contribution < -0.4 is 10.1 Å². The Balaban J connectivity index is 1.53. The Hall–Kier alpha value is -3.01. The number of methoxy groups -OCH3 is 1. The molecule has 9 nitrogen and oxygen atoms in total. The van der Waals surface area contributed by atoms with Gasteiger partial charge in [-0.1, -0.05) is 12.1 Å². The van der Waals surface area contributed by atoms with E-state index < -0.39 is 23.6 Å². The minimum atomic E-state index is -0.647. The average Bonchev–Trinajstić information content (AvgIpc) is 3.34. The van der Waals surface area contributed by atoms with E-state index in [9.17, 15) is 19.2 Å². The highest BCUT2D eigenvalue weighted by atomic mass is 32.2. The van der Waals surface area contributed by atoms with E-state index in [0.717, 1.165) is 22.2 Å². The quantitative estimate of drug-likeness (QED) is 0.630. The summed E-state index contributed by atoms with van der Waals surface area (Å²) in [5.41, 5.74) is 0.129. The summed E-state index contributed by atoms with van der Waals surface area (Å²) in [4.78, 5) is 52.9. The van der Waals surface area contributed by atoms with Crippen molar-refractivity contribution in [1.29, 1.82) is 0 Å². The number of carbonyl (C=O) groups is 4. The molecule has 0 bridgehead atoms. The molecule has 1 atom stereocenters. The Morgan fingerprint density at radius 1 is 1.21 bits per heavy atom. The molecule has 2 fully saturated rings. The first kappa shape index (κ1) is 24.6. The Labute approximate surface area is 197 Å². The Bertz CT molecular complexity index is 954. The fourth-order valence-electron chi connectivity index (χ4n) is 3.53. The lowest BCUT2D eigenvalue weighted by atomic mass is 10.2. The van der Waals surface area contributed by atoms with E-state index >= 15 is 0 Å². The van der Waals surface area contributed by atoms with Crippen LogP contribution in [-0.4, -0.2) is 71.3 Å². The zero-order chi connectivity index (χ0) is 24.2. The molecule has 0 unspecified atom stereocenters. The van der Waals surface area contributed by atoms with Crippen molar-refractivity contribution in [3.8, 4) is 5.75 Å². The number of amides is 4. The molecule has 2 saturated heterocycles. The first-order chi connectivity index (χ1) is 15.6. The highest BCUT2D eigenvalue weighted by molar-refractivity contribution is 8.18. The van der Waals surface area contributed by atoms with Crippen molar-refractivity contribution < 1.29 is 28.7 Å². The van der Waals surface area contributed by atoms with E-state index in [0.29, 0.717) is 30.0 Å². The summed E-state index contributed by atoms with van der Waals surface area (Å²) in [5, 5.41) is 2.36. The van der Waals surface area contributed by atoms with Crippen LogP contribution in [-0.2, 0) is 14.3 Å². The van der Waals surface area contributed by atoms with Gasteiger partial charge in [-0.25, -0.2) is 4.79 Å². The van der Waals surface area contributed by atoms with Crippen molar-refractivity contribution in [2.45, 2.75) is 45.3 Å². The molecular weight excluding hydrogens is 446 g/mol. The summed E-state index contributed by atoms with van der Waals surface area (Å²) >= 11 is 0.865. The molecule has 2 aliphatic rings. The lowest BCUT2D eigenvalue weighted by Gasteiger charge is -2.28. The molecule has 2 heterocycles. The molecule has 1 aromatic carbocycles. The van der Waals surface area contributed by atoms with E-state index in [4.69, 9.17) is 9.47 Å². The van der Waals surface area contributed by atoms with Crippen molar-refractivity contribution in [1.82, 2.24) is 15.1 Å². The van der Waals surface area contributed by atoms with Crippen LogP contribution >= 0.6 is 11.8 Å². The predicted molar refractivity (Wildman–Crippen MR) is 125 cm³/mol. The molecular formula is C23H29N3O6S. The molecule has 10 heteroatoms. The molecule has 1 N–H and O–H groups in total. The summed E-state index contributed by atoms with van der Waals surface area (Å²) in [6, 6.07) is 6.52. The van der Waals surface area contributed by atoms with Crippen LogP contribution in [0.4, 0.5) is 9.59 Å². The second kappa shape index (κ2) is 10.3. The number of ether oxygens (including phenoxy) is 2. The minimum absolute atomic E-state index is 0.0511. The molecule has 0 spiro atoms. The number of benzene rings is 1. The van der Waals surface area contributed by atoms with Crippen molar-refractivity contribution in [2.75, 3.05) is 26.7 Å². The van der Waals surface area contributed by atoms with Gasteiger partial charge in [0.1, 0.15) is 17.4 Å². The number of hydrogen-bond acceptors (Lipinski definition) is 7. The number of thioether (sulfide) groups is 1. The number of rotatable bonds is 6. The van der Waals surface area contributed by atoms with Gasteiger partial charge in [0.15, 0.2) is 0 Å². The summed E-state index contributed by atoms with van der Waals surface area (Å²) in [7, 11) is 1.57. The maximum absolute atomic E-state index is 12.7. The van der Waals surface area contributed by atoms with E-state index in [2.05, 4.69) is 5.32 Å².